The van der Waals surface area contributed by atoms with E-state index in [1.54, 1.807) is 12.1 Å². The quantitative estimate of drug-likeness (QED) is 0.201. The first-order chi connectivity index (χ1) is 14.4. The zero-order chi connectivity index (χ0) is 22.2. The van der Waals surface area contributed by atoms with Gasteiger partial charge in [-0.1, -0.05) is 25.3 Å². The van der Waals surface area contributed by atoms with Crippen molar-refractivity contribution in [1.29, 1.82) is 0 Å². The molecule has 0 radical (unpaired) electrons. The van der Waals surface area contributed by atoms with E-state index in [0.717, 1.165) is 17.7 Å². The topological polar surface area (TPSA) is 120 Å². The van der Waals surface area contributed by atoms with Crippen molar-refractivity contribution in [2.75, 3.05) is 33.0 Å². The molecule has 0 saturated carbocycles. The van der Waals surface area contributed by atoms with Crippen LogP contribution in [0.5, 0.6) is 5.75 Å². The molecule has 0 aromatic heterocycles. The third-order valence-corrected chi connectivity index (χ3v) is 3.58. The molecule has 0 fully saturated rings. The highest BCUT2D eigenvalue weighted by atomic mass is 16.6. The number of nitrogens with one attached hydrogen (secondary N) is 1. The largest absolute Gasteiger partial charge is 0.491 e. The first-order valence-corrected chi connectivity index (χ1v) is 9.33. The number of carbonyl (C=O) groups is 3. The minimum atomic E-state index is -0.998. The Bertz CT molecular complexity index is 701. The molecule has 1 aromatic rings. The molecule has 0 spiro atoms. The lowest BCUT2D eigenvalue weighted by molar-refractivity contribution is -0.138. The lowest BCUT2D eigenvalue weighted by Crippen LogP contribution is -2.31. The van der Waals surface area contributed by atoms with Gasteiger partial charge in [-0.2, -0.15) is 0 Å². The molecule has 0 bridgehead atoms. The summed E-state index contributed by atoms with van der Waals surface area (Å²) in [5, 5.41) is 12.3. The molecule has 9 nitrogen and oxygen atoms in total. The van der Waals surface area contributed by atoms with Crippen molar-refractivity contribution in [2.24, 2.45) is 0 Å². The number of aliphatic hydroxyl groups is 1. The van der Waals surface area contributed by atoms with Crippen molar-refractivity contribution in [1.82, 2.24) is 5.32 Å². The summed E-state index contributed by atoms with van der Waals surface area (Å²) in [6, 6.07) is 7.09. The lowest BCUT2D eigenvalue weighted by Gasteiger charge is -2.13. The van der Waals surface area contributed by atoms with Gasteiger partial charge in [0.05, 0.1) is 13.2 Å². The van der Waals surface area contributed by atoms with Crippen molar-refractivity contribution in [3.8, 4) is 5.75 Å². The molecular formula is C21H27NO8. The second kappa shape index (κ2) is 14.6. The number of rotatable bonds is 14. The molecule has 1 atom stereocenters. The van der Waals surface area contributed by atoms with Crippen molar-refractivity contribution >= 4 is 18.0 Å². The Morgan fingerprint density at radius 3 is 2.23 bits per heavy atom. The van der Waals surface area contributed by atoms with Crippen LogP contribution in [-0.2, 0) is 30.2 Å². The summed E-state index contributed by atoms with van der Waals surface area (Å²) in [5.74, 6) is -0.447. The Balaban J connectivity index is 2.15. The van der Waals surface area contributed by atoms with Crippen LogP contribution in [-0.4, -0.2) is 62.2 Å². The number of hydrogen-bond donors (Lipinski definition) is 2. The molecule has 1 aromatic carbocycles. The van der Waals surface area contributed by atoms with Gasteiger partial charge in [-0.3, -0.25) is 0 Å². The van der Waals surface area contributed by atoms with Crippen LogP contribution in [0.4, 0.5) is 4.79 Å². The molecule has 1 amide bonds. The van der Waals surface area contributed by atoms with Gasteiger partial charge < -0.3 is 29.4 Å². The van der Waals surface area contributed by atoms with E-state index in [-0.39, 0.29) is 33.0 Å². The van der Waals surface area contributed by atoms with Crippen molar-refractivity contribution in [3.05, 3.63) is 55.1 Å². The molecular weight excluding hydrogens is 394 g/mol. The number of aliphatic hydroxyl groups excluding tert-OH is 1. The Morgan fingerprint density at radius 2 is 1.60 bits per heavy atom. The SMILES string of the molecule is C=CC(=O)OCCCNC(=O)OCC(O)COc1ccc(CCOC(=O)C=C)cc1. The number of benzene rings is 1. The molecule has 0 heterocycles. The van der Waals surface area contributed by atoms with Crippen LogP contribution in [0.2, 0.25) is 0 Å². The van der Waals surface area contributed by atoms with E-state index >= 15 is 0 Å². The Kier molecular flexibility index (Phi) is 12.1. The Morgan fingerprint density at radius 1 is 0.967 bits per heavy atom. The van der Waals surface area contributed by atoms with Crippen molar-refractivity contribution < 1.29 is 38.4 Å². The maximum absolute atomic E-state index is 11.5. The van der Waals surface area contributed by atoms with E-state index in [4.69, 9.17) is 18.9 Å². The fourth-order valence-corrected chi connectivity index (χ4v) is 2.04. The zero-order valence-corrected chi connectivity index (χ0v) is 16.7. The van der Waals surface area contributed by atoms with Gasteiger partial charge in [0.15, 0.2) is 0 Å². The predicted molar refractivity (Wildman–Crippen MR) is 108 cm³/mol. The smallest absolute Gasteiger partial charge is 0.407 e. The van der Waals surface area contributed by atoms with Crippen molar-refractivity contribution in [2.45, 2.75) is 18.9 Å². The number of alkyl carbamates (subject to hydrolysis) is 1. The fourth-order valence-electron chi connectivity index (χ4n) is 2.04. The van der Waals surface area contributed by atoms with Gasteiger partial charge in [0.2, 0.25) is 0 Å². The van der Waals surface area contributed by atoms with Gasteiger partial charge in [-0.15, -0.1) is 0 Å². The fraction of sp³-hybridized carbons (Fsp3) is 0.381. The highest BCUT2D eigenvalue weighted by Crippen LogP contribution is 2.13. The Labute approximate surface area is 175 Å². The standard InChI is InChI=1S/C21H27NO8/c1-3-19(24)27-12-5-11-22-21(26)30-15-17(23)14-29-18-8-6-16(7-9-18)10-13-28-20(25)4-2/h3-4,6-9,17,23H,1-2,5,10-15H2,(H,22,26). The molecule has 1 unspecified atom stereocenters. The maximum Gasteiger partial charge on any atom is 0.407 e. The molecule has 30 heavy (non-hydrogen) atoms. The molecule has 164 valence electrons. The third kappa shape index (κ3) is 11.5. The monoisotopic (exact) mass is 421 g/mol. The van der Waals surface area contributed by atoms with Gasteiger partial charge >= 0.3 is 18.0 Å². The number of amides is 1. The summed E-state index contributed by atoms with van der Waals surface area (Å²) in [7, 11) is 0. The number of carbonyl (C=O) groups excluding carboxylic acids is 3. The summed E-state index contributed by atoms with van der Waals surface area (Å²) < 4.78 is 20.0. The van der Waals surface area contributed by atoms with Crippen LogP contribution in [0, 0.1) is 0 Å². The van der Waals surface area contributed by atoms with E-state index in [0.29, 0.717) is 18.6 Å². The molecule has 2 N–H and O–H groups in total. The maximum atomic E-state index is 11.5. The van der Waals surface area contributed by atoms with Crippen molar-refractivity contribution in [3.63, 3.8) is 0 Å². The summed E-state index contributed by atoms with van der Waals surface area (Å²) in [6.07, 6.45) is 1.46. The van der Waals surface area contributed by atoms with Gasteiger partial charge in [-0.25, -0.2) is 14.4 Å². The Hall–Kier alpha value is -3.33. The number of ether oxygens (including phenoxy) is 4. The van der Waals surface area contributed by atoms with Gasteiger partial charge in [0.1, 0.15) is 25.1 Å². The molecule has 0 aliphatic carbocycles. The van der Waals surface area contributed by atoms with E-state index in [2.05, 4.69) is 18.5 Å². The van der Waals surface area contributed by atoms with Crippen LogP contribution < -0.4 is 10.1 Å². The van der Waals surface area contributed by atoms with E-state index in [9.17, 15) is 19.5 Å². The van der Waals surface area contributed by atoms with E-state index in [1.165, 1.54) is 0 Å². The average Bonchev–Trinajstić information content (AvgIpc) is 2.76. The zero-order valence-electron chi connectivity index (χ0n) is 16.7. The van der Waals surface area contributed by atoms with Crippen LogP contribution in [0.1, 0.15) is 12.0 Å². The normalized spacial score (nSPS) is 11.0. The lowest BCUT2D eigenvalue weighted by atomic mass is 10.1. The summed E-state index contributed by atoms with van der Waals surface area (Å²) in [4.78, 5) is 33.3. The first-order valence-electron chi connectivity index (χ1n) is 9.33. The van der Waals surface area contributed by atoms with Crippen LogP contribution in [0.25, 0.3) is 0 Å². The van der Waals surface area contributed by atoms with Crippen LogP contribution >= 0.6 is 0 Å². The molecule has 0 aliphatic rings. The van der Waals surface area contributed by atoms with Crippen LogP contribution in [0.15, 0.2) is 49.6 Å². The minimum absolute atomic E-state index is 0.0545. The number of hydrogen-bond acceptors (Lipinski definition) is 8. The van der Waals surface area contributed by atoms with Crippen LogP contribution in [0.3, 0.4) is 0 Å². The third-order valence-electron chi connectivity index (χ3n) is 3.58. The summed E-state index contributed by atoms with van der Waals surface area (Å²) in [5.41, 5.74) is 0.957. The summed E-state index contributed by atoms with van der Waals surface area (Å²) in [6.45, 7) is 6.97. The number of esters is 2. The predicted octanol–water partition coefficient (Wildman–Crippen LogP) is 1.54. The second-order valence-electron chi connectivity index (χ2n) is 5.98. The van der Waals surface area contributed by atoms with Gasteiger partial charge in [0.25, 0.3) is 0 Å². The molecule has 0 aliphatic heterocycles. The van der Waals surface area contributed by atoms with Gasteiger partial charge in [0, 0.05) is 25.1 Å². The first kappa shape index (κ1) is 24.7. The highest BCUT2D eigenvalue weighted by Gasteiger charge is 2.10. The van der Waals surface area contributed by atoms with E-state index < -0.39 is 24.1 Å². The molecule has 1 rings (SSSR count). The molecule has 9 heteroatoms. The van der Waals surface area contributed by atoms with Gasteiger partial charge in [-0.05, 0) is 24.1 Å². The second-order valence-corrected chi connectivity index (χ2v) is 5.98. The minimum Gasteiger partial charge on any atom is -0.491 e. The highest BCUT2D eigenvalue weighted by molar-refractivity contribution is 5.81. The average molecular weight is 421 g/mol. The summed E-state index contributed by atoms with van der Waals surface area (Å²) >= 11 is 0. The van der Waals surface area contributed by atoms with E-state index in [1.807, 2.05) is 12.1 Å². The molecule has 0 saturated heterocycles.